The Labute approximate surface area is 128 Å². The van der Waals surface area contributed by atoms with Crippen molar-refractivity contribution in [1.82, 2.24) is 10.2 Å². The third kappa shape index (κ3) is 4.42. The standard InChI is InChI=1S/C17H28FN3/c1-4-9-19-11-15-16(18)6-5-7-17(15)21(3)13-14-8-10-20(2)12-14/h5-7,14,19H,4,8-13H2,1-3H3. The lowest BCUT2D eigenvalue weighted by molar-refractivity contribution is 0.395. The summed E-state index contributed by atoms with van der Waals surface area (Å²) in [4.78, 5) is 4.59. The lowest BCUT2D eigenvalue weighted by atomic mass is 10.1. The van der Waals surface area contributed by atoms with E-state index in [0.29, 0.717) is 12.5 Å². The van der Waals surface area contributed by atoms with Crippen molar-refractivity contribution >= 4 is 5.69 Å². The molecule has 1 aliphatic heterocycles. The van der Waals surface area contributed by atoms with Gasteiger partial charge in [0.2, 0.25) is 0 Å². The highest BCUT2D eigenvalue weighted by Crippen LogP contribution is 2.25. The molecule has 0 aliphatic carbocycles. The number of likely N-dealkylation sites (tertiary alicyclic amines) is 1. The van der Waals surface area contributed by atoms with Gasteiger partial charge in [-0.25, -0.2) is 4.39 Å². The van der Waals surface area contributed by atoms with E-state index in [1.807, 2.05) is 12.1 Å². The second kappa shape index (κ2) is 7.76. The fourth-order valence-electron chi connectivity index (χ4n) is 3.13. The molecule has 1 heterocycles. The molecule has 1 aromatic rings. The zero-order chi connectivity index (χ0) is 15.2. The Balaban J connectivity index is 2.04. The number of nitrogens with zero attached hydrogens (tertiary/aromatic N) is 2. The van der Waals surface area contributed by atoms with E-state index in [-0.39, 0.29) is 5.82 Å². The Morgan fingerprint density at radius 2 is 2.24 bits per heavy atom. The van der Waals surface area contributed by atoms with E-state index in [0.717, 1.165) is 37.3 Å². The first-order valence-electron chi connectivity index (χ1n) is 7.99. The zero-order valence-electron chi connectivity index (χ0n) is 13.5. The van der Waals surface area contributed by atoms with Crippen LogP contribution >= 0.6 is 0 Å². The maximum absolute atomic E-state index is 14.1. The molecule has 0 amide bonds. The fraction of sp³-hybridized carbons (Fsp3) is 0.647. The lowest BCUT2D eigenvalue weighted by Crippen LogP contribution is -2.29. The zero-order valence-corrected chi connectivity index (χ0v) is 13.5. The number of benzene rings is 1. The van der Waals surface area contributed by atoms with Gasteiger partial charge in [-0.2, -0.15) is 0 Å². The maximum atomic E-state index is 14.1. The highest BCUT2D eigenvalue weighted by molar-refractivity contribution is 5.53. The molecule has 1 saturated heterocycles. The van der Waals surface area contributed by atoms with Crippen LogP contribution in [0, 0.1) is 11.7 Å². The van der Waals surface area contributed by atoms with Crippen molar-refractivity contribution in [2.75, 3.05) is 45.2 Å². The maximum Gasteiger partial charge on any atom is 0.129 e. The molecule has 1 N–H and O–H groups in total. The van der Waals surface area contributed by atoms with Crippen LogP contribution in [0.1, 0.15) is 25.3 Å². The number of hydrogen-bond acceptors (Lipinski definition) is 3. The van der Waals surface area contributed by atoms with Crippen LogP contribution in [-0.4, -0.2) is 45.2 Å². The van der Waals surface area contributed by atoms with Crippen molar-refractivity contribution in [1.29, 1.82) is 0 Å². The summed E-state index contributed by atoms with van der Waals surface area (Å²) in [5.74, 6) is 0.575. The quantitative estimate of drug-likeness (QED) is 0.780. The van der Waals surface area contributed by atoms with E-state index in [9.17, 15) is 4.39 Å². The van der Waals surface area contributed by atoms with Crippen molar-refractivity contribution in [2.45, 2.75) is 26.3 Å². The summed E-state index contributed by atoms with van der Waals surface area (Å²) in [6, 6.07) is 5.40. The second-order valence-electron chi connectivity index (χ2n) is 6.21. The van der Waals surface area contributed by atoms with E-state index >= 15 is 0 Å². The molecular formula is C17H28FN3. The molecule has 0 bridgehead atoms. The van der Waals surface area contributed by atoms with Crippen LogP contribution in [0.4, 0.5) is 10.1 Å². The van der Waals surface area contributed by atoms with Gasteiger partial charge in [-0.1, -0.05) is 13.0 Å². The van der Waals surface area contributed by atoms with E-state index in [1.54, 1.807) is 6.07 Å². The fourth-order valence-corrected chi connectivity index (χ4v) is 3.13. The average molecular weight is 293 g/mol. The van der Waals surface area contributed by atoms with Crippen molar-refractivity contribution < 1.29 is 4.39 Å². The van der Waals surface area contributed by atoms with Gasteiger partial charge in [-0.3, -0.25) is 0 Å². The Morgan fingerprint density at radius 3 is 2.90 bits per heavy atom. The van der Waals surface area contributed by atoms with Crippen LogP contribution in [0.15, 0.2) is 18.2 Å². The SMILES string of the molecule is CCCNCc1c(F)cccc1N(C)CC1CCN(C)C1. The predicted molar refractivity (Wildman–Crippen MR) is 87.3 cm³/mol. The van der Waals surface area contributed by atoms with E-state index < -0.39 is 0 Å². The summed E-state index contributed by atoms with van der Waals surface area (Å²) < 4.78 is 14.1. The summed E-state index contributed by atoms with van der Waals surface area (Å²) in [5.41, 5.74) is 1.81. The Kier molecular flexibility index (Phi) is 6.00. The number of hydrogen-bond donors (Lipinski definition) is 1. The van der Waals surface area contributed by atoms with Gasteiger partial charge in [0.1, 0.15) is 5.82 Å². The molecule has 1 atom stereocenters. The van der Waals surface area contributed by atoms with Gasteiger partial charge >= 0.3 is 0 Å². The molecule has 0 saturated carbocycles. The Morgan fingerprint density at radius 1 is 1.43 bits per heavy atom. The number of nitrogens with one attached hydrogen (secondary N) is 1. The van der Waals surface area contributed by atoms with E-state index in [4.69, 9.17) is 0 Å². The lowest BCUT2D eigenvalue weighted by Gasteiger charge is -2.26. The molecule has 118 valence electrons. The molecule has 21 heavy (non-hydrogen) atoms. The minimum Gasteiger partial charge on any atom is -0.374 e. The first-order chi connectivity index (χ1) is 10.1. The van der Waals surface area contributed by atoms with Gasteiger partial charge in [-0.05, 0) is 51.0 Å². The highest BCUT2D eigenvalue weighted by Gasteiger charge is 2.22. The molecule has 3 nitrogen and oxygen atoms in total. The molecule has 1 aromatic carbocycles. The predicted octanol–water partition coefficient (Wildman–Crippen LogP) is 2.71. The van der Waals surface area contributed by atoms with Gasteiger partial charge in [0, 0.05) is 37.9 Å². The molecule has 0 radical (unpaired) electrons. The summed E-state index contributed by atoms with van der Waals surface area (Å²) in [7, 11) is 4.25. The molecule has 0 aromatic heterocycles. The molecule has 0 spiro atoms. The Bertz CT molecular complexity index is 450. The third-order valence-electron chi connectivity index (χ3n) is 4.25. The molecule has 1 fully saturated rings. The van der Waals surface area contributed by atoms with Crippen LogP contribution in [-0.2, 0) is 6.54 Å². The first-order valence-corrected chi connectivity index (χ1v) is 7.99. The summed E-state index contributed by atoms with van der Waals surface area (Å²) in [6.07, 6.45) is 2.30. The van der Waals surface area contributed by atoms with Crippen LogP contribution in [0.25, 0.3) is 0 Å². The molecule has 1 unspecified atom stereocenters. The monoisotopic (exact) mass is 293 g/mol. The average Bonchev–Trinajstić information content (AvgIpc) is 2.86. The Hall–Kier alpha value is -1.13. The van der Waals surface area contributed by atoms with Crippen LogP contribution in [0.5, 0.6) is 0 Å². The van der Waals surface area contributed by atoms with Gasteiger partial charge < -0.3 is 15.1 Å². The van der Waals surface area contributed by atoms with Crippen molar-refractivity contribution in [3.8, 4) is 0 Å². The van der Waals surface area contributed by atoms with E-state index in [1.165, 1.54) is 13.0 Å². The molecule has 1 aliphatic rings. The largest absolute Gasteiger partial charge is 0.374 e. The minimum atomic E-state index is -0.105. The van der Waals surface area contributed by atoms with Crippen LogP contribution in [0.3, 0.4) is 0 Å². The van der Waals surface area contributed by atoms with E-state index in [2.05, 4.69) is 36.1 Å². The minimum absolute atomic E-state index is 0.105. The molecular weight excluding hydrogens is 265 g/mol. The van der Waals surface area contributed by atoms with Crippen molar-refractivity contribution in [2.24, 2.45) is 5.92 Å². The number of rotatable bonds is 7. The summed E-state index contributed by atoms with van der Waals surface area (Å²) >= 11 is 0. The van der Waals surface area contributed by atoms with Gasteiger partial charge in [0.25, 0.3) is 0 Å². The molecule has 4 heteroatoms. The van der Waals surface area contributed by atoms with Gasteiger partial charge in [0.05, 0.1) is 0 Å². The second-order valence-corrected chi connectivity index (χ2v) is 6.21. The number of halogens is 1. The van der Waals surface area contributed by atoms with Gasteiger partial charge in [-0.15, -0.1) is 0 Å². The van der Waals surface area contributed by atoms with Crippen molar-refractivity contribution in [3.05, 3.63) is 29.6 Å². The number of anilines is 1. The smallest absolute Gasteiger partial charge is 0.129 e. The first kappa shape index (κ1) is 16.2. The molecule has 2 rings (SSSR count). The summed E-state index contributed by atoms with van der Waals surface area (Å²) in [6.45, 7) is 6.96. The van der Waals surface area contributed by atoms with Crippen LogP contribution in [0.2, 0.25) is 0 Å². The topological polar surface area (TPSA) is 18.5 Å². The third-order valence-corrected chi connectivity index (χ3v) is 4.25. The van der Waals surface area contributed by atoms with Crippen LogP contribution < -0.4 is 10.2 Å². The summed E-state index contributed by atoms with van der Waals surface area (Å²) in [5, 5.41) is 3.31. The normalized spacial score (nSPS) is 19.1. The highest BCUT2D eigenvalue weighted by atomic mass is 19.1. The van der Waals surface area contributed by atoms with Gasteiger partial charge in [0.15, 0.2) is 0 Å². The van der Waals surface area contributed by atoms with Crippen molar-refractivity contribution in [3.63, 3.8) is 0 Å².